The van der Waals surface area contributed by atoms with Gasteiger partial charge in [-0.2, -0.15) is 0 Å². The zero-order valence-corrected chi connectivity index (χ0v) is 13.4. The molecule has 0 radical (unpaired) electrons. The maximum absolute atomic E-state index is 13.3. The van der Waals surface area contributed by atoms with Crippen molar-refractivity contribution in [1.29, 1.82) is 0 Å². The molecule has 2 aromatic rings. The van der Waals surface area contributed by atoms with Crippen LogP contribution < -0.4 is 5.32 Å². The van der Waals surface area contributed by atoms with E-state index in [2.05, 4.69) is 5.32 Å². The molecule has 0 saturated carbocycles. The van der Waals surface area contributed by atoms with Gasteiger partial charge in [0, 0.05) is 12.7 Å². The third-order valence-electron chi connectivity index (χ3n) is 4.05. The predicted octanol–water partition coefficient (Wildman–Crippen LogP) is 2.50. The Hall–Kier alpha value is -2.80. The van der Waals surface area contributed by atoms with Crippen LogP contribution in [0.1, 0.15) is 11.6 Å². The van der Waals surface area contributed by atoms with Crippen LogP contribution in [-0.2, 0) is 14.3 Å². The lowest BCUT2D eigenvalue weighted by Crippen LogP contribution is -2.51. The molecule has 1 fully saturated rings. The molecule has 1 heterocycles. The predicted molar refractivity (Wildman–Crippen MR) is 86.7 cm³/mol. The molecule has 5 nitrogen and oxygen atoms in total. The van der Waals surface area contributed by atoms with Crippen LogP contribution in [0, 0.1) is 11.6 Å². The Labute approximate surface area is 143 Å². The van der Waals surface area contributed by atoms with Gasteiger partial charge in [-0.3, -0.25) is 9.59 Å². The molecule has 25 heavy (non-hydrogen) atoms. The number of hydrogen-bond acceptors (Lipinski definition) is 3. The lowest BCUT2D eigenvalue weighted by atomic mass is 9.97. The quantitative estimate of drug-likeness (QED) is 0.929. The summed E-state index contributed by atoms with van der Waals surface area (Å²) in [7, 11) is 1.56. The minimum absolute atomic E-state index is 0.241. The zero-order chi connectivity index (χ0) is 18.0. The first kappa shape index (κ1) is 17.0. The molecule has 130 valence electrons. The van der Waals surface area contributed by atoms with Gasteiger partial charge in [0.1, 0.15) is 18.2 Å². The molecule has 0 bridgehead atoms. The number of halogens is 2. The molecule has 2 amide bonds. The highest BCUT2D eigenvalue weighted by Crippen LogP contribution is 2.30. The van der Waals surface area contributed by atoms with Gasteiger partial charge in [-0.1, -0.05) is 18.2 Å². The van der Waals surface area contributed by atoms with E-state index in [4.69, 9.17) is 4.74 Å². The third kappa shape index (κ3) is 3.66. The summed E-state index contributed by atoms with van der Waals surface area (Å²) in [6.07, 6.45) is -1.00. The second kappa shape index (κ2) is 6.98. The zero-order valence-electron chi connectivity index (χ0n) is 13.4. The molecule has 7 heteroatoms. The summed E-state index contributed by atoms with van der Waals surface area (Å²) in [4.78, 5) is 26.0. The van der Waals surface area contributed by atoms with E-state index in [-0.39, 0.29) is 18.2 Å². The number of ether oxygens (including phenoxy) is 1. The number of rotatable bonds is 3. The number of benzene rings is 2. The Bertz CT molecular complexity index is 795. The normalized spacial score (nSPS) is 20.4. The molecule has 0 aliphatic carbocycles. The summed E-state index contributed by atoms with van der Waals surface area (Å²) < 4.78 is 31.9. The molecular weight excluding hydrogens is 330 g/mol. The molecule has 1 aliphatic rings. The minimum atomic E-state index is -1.00. The summed E-state index contributed by atoms with van der Waals surface area (Å²) in [6.45, 7) is -0.241. The third-order valence-corrected chi connectivity index (χ3v) is 4.05. The Kier molecular flexibility index (Phi) is 4.76. The van der Waals surface area contributed by atoms with E-state index in [1.54, 1.807) is 13.1 Å². The number of anilines is 1. The molecule has 0 spiro atoms. The van der Waals surface area contributed by atoms with Crippen molar-refractivity contribution in [3.63, 3.8) is 0 Å². The first-order chi connectivity index (χ1) is 12.0. The van der Waals surface area contributed by atoms with Gasteiger partial charge in [0.2, 0.25) is 5.91 Å². The number of amides is 2. The van der Waals surface area contributed by atoms with Crippen molar-refractivity contribution in [2.45, 2.75) is 12.1 Å². The van der Waals surface area contributed by atoms with Gasteiger partial charge in [0.15, 0.2) is 6.10 Å². The fraction of sp³-hybridized carbons (Fsp3) is 0.222. The van der Waals surface area contributed by atoms with Crippen LogP contribution in [0.4, 0.5) is 14.5 Å². The number of likely N-dealkylation sites (N-methyl/N-ethyl adjacent to an activating group) is 1. The van der Waals surface area contributed by atoms with E-state index in [1.807, 2.05) is 0 Å². The van der Waals surface area contributed by atoms with Crippen LogP contribution in [0.5, 0.6) is 0 Å². The van der Waals surface area contributed by atoms with Crippen molar-refractivity contribution in [3.05, 3.63) is 65.7 Å². The summed E-state index contributed by atoms with van der Waals surface area (Å²) in [5, 5.41) is 2.58. The highest BCUT2D eigenvalue weighted by atomic mass is 19.1. The van der Waals surface area contributed by atoms with Crippen molar-refractivity contribution in [2.75, 3.05) is 19.0 Å². The molecule has 1 N–H and O–H groups in total. The lowest BCUT2D eigenvalue weighted by molar-refractivity contribution is -0.160. The Morgan fingerprint density at radius 3 is 2.56 bits per heavy atom. The first-order valence-corrected chi connectivity index (χ1v) is 7.65. The molecule has 1 aliphatic heterocycles. The molecule has 2 aromatic carbocycles. The molecule has 2 atom stereocenters. The summed E-state index contributed by atoms with van der Waals surface area (Å²) >= 11 is 0. The number of morpholine rings is 1. The lowest BCUT2D eigenvalue weighted by Gasteiger charge is -2.38. The maximum Gasteiger partial charge on any atom is 0.256 e. The summed E-state index contributed by atoms with van der Waals surface area (Å²) in [6, 6.07) is 10.3. The largest absolute Gasteiger partial charge is 0.356 e. The first-order valence-electron chi connectivity index (χ1n) is 7.65. The topological polar surface area (TPSA) is 58.6 Å². The van der Waals surface area contributed by atoms with Crippen LogP contribution >= 0.6 is 0 Å². The van der Waals surface area contributed by atoms with E-state index in [0.29, 0.717) is 5.56 Å². The van der Waals surface area contributed by atoms with Crippen molar-refractivity contribution in [2.24, 2.45) is 0 Å². The van der Waals surface area contributed by atoms with Gasteiger partial charge >= 0.3 is 0 Å². The van der Waals surface area contributed by atoms with Crippen LogP contribution in [0.25, 0.3) is 0 Å². The van der Waals surface area contributed by atoms with E-state index in [1.165, 1.54) is 47.4 Å². The minimum Gasteiger partial charge on any atom is -0.356 e. The van der Waals surface area contributed by atoms with Gasteiger partial charge < -0.3 is 15.0 Å². The number of carbonyl (C=O) groups excluding carboxylic acids is 2. The average Bonchev–Trinajstić information content (AvgIpc) is 2.58. The Morgan fingerprint density at radius 2 is 1.88 bits per heavy atom. The molecule has 1 saturated heterocycles. The fourth-order valence-electron chi connectivity index (χ4n) is 2.77. The SMILES string of the molecule is CN1C(=O)CO[C@H](C(=O)Nc2cccc(F)c2)[C@@H]1c1ccc(F)cc1. The molecular formula is C18H16F2N2O3. The monoisotopic (exact) mass is 346 g/mol. The van der Waals surface area contributed by atoms with E-state index >= 15 is 0 Å². The van der Waals surface area contributed by atoms with Crippen molar-refractivity contribution in [1.82, 2.24) is 4.90 Å². The van der Waals surface area contributed by atoms with Crippen molar-refractivity contribution < 1.29 is 23.1 Å². The van der Waals surface area contributed by atoms with Gasteiger partial charge in [0.05, 0.1) is 6.04 Å². The van der Waals surface area contributed by atoms with E-state index in [9.17, 15) is 18.4 Å². The number of hydrogen-bond donors (Lipinski definition) is 1. The number of nitrogens with one attached hydrogen (secondary N) is 1. The number of nitrogens with zero attached hydrogens (tertiary/aromatic N) is 1. The highest BCUT2D eigenvalue weighted by molar-refractivity contribution is 5.96. The molecule has 0 unspecified atom stereocenters. The Morgan fingerprint density at radius 1 is 1.16 bits per heavy atom. The van der Waals surface area contributed by atoms with Crippen LogP contribution in [0.3, 0.4) is 0 Å². The van der Waals surface area contributed by atoms with Crippen molar-refractivity contribution in [3.8, 4) is 0 Å². The molecule has 0 aromatic heterocycles. The molecule has 3 rings (SSSR count). The average molecular weight is 346 g/mol. The summed E-state index contributed by atoms with van der Waals surface area (Å²) in [5.74, 6) is -1.71. The second-order valence-electron chi connectivity index (χ2n) is 5.73. The van der Waals surface area contributed by atoms with Crippen molar-refractivity contribution >= 4 is 17.5 Å². The standard InChI is InChI=1S/C18H16F2N2O3/c1-22-15(23)10-25-17(16(22)11-5-7-12(19)8-6-11)18(24)21-14-4-2-3-13(20)9-14/h2-9,16-17H,10H2,1H3,(H,21,24)/t16-,17-/m0/s1. The highest BCUT2D eigenvalue weighted by Gasteiger charge is 2.40. The summed E-state index contributed by atoms with van der Waals surface area (Å²) in [5.41, 5.74) is 0.849. The van der Waals surface area contributed by atoms with Gasteiger partial charge in [-0.15, -0.1) is 0 Å². The van der Waals surface area contributed by atoms with Crippen LogP contribution in [0.15, 0.2) is 48.5 Å². The van der Waals surface area contributed by atoms with Gasteiger partial charge in [0.25, 0.3) is 5.91 Å². The van der Waals surface area contributed by atoms with Crippen LogP contribution in [-0.4, -0.2) is 36.5 Å². The van der Waals surface area contributed by atoms with Crippen LogP contribution in [0.2, 0.25) is 0 Å². The smallest absolute Gasteiger partial charge is 0.256 e. The second-order valence-corrected chi connectivity index (χ2v) is 5.73. The van der Waals surface area contributed by atoms with E-state index < -0.39 is 29.7 Å². The van der Waals surface area contributed by atoms with Gasteiger partial charge in [-0.25, -0.2) is 8.78 Å². The number of carbonyl (C=O) groups is 2. The Balaban J connectivity index is 1.87. The van der Waals surface area contributed by atoms with E-state index in [0.717, 1.165) is 0 Å². The fourth-order valence-corrected chi connectivity index (χ4v) is 2.77. The van der Waals surface area contributed by atoms with Gasteiger partial charge in [-0.05, 0) is 35.9 Å². The maximum atomic E-state index is 13.3.